The summed E-state index contributed by atoms with van der Waals surface area (Å²) in [5.41, 5.74) is 12.2. The smallest absolute Gasteiger partial charge is 0.410 e. The summed E-state index contributed by atoms with van der Waals surface area (Å²) in [6.45, 7) is 6.20. The first-order valence-corrected chi connectivity index (χ1v) is 16.2. The number of nitrogens with zero attached hydrogens (tertiary/aromatic N) is 4. The van der Waals surface area contributed by atoms with Crippen molar-refractivity contribution in [3.05, 3.63) is 101 Å². The molecule has 246 valence electrons. The van der Waals surface area contributed by atoms with E-state index >= 15 is 0 Å². The molecular formula is C36H42N6O5. The molecule has 2 fully saturated rings. The van der Waals surface area contributed by atoms with Crippen LogP contribution in [0.1, 0.15) is 56.2 Å². The Bertz CT molecular complexity index is 1740. The number of nitrogens with two attached hydrogens (primary N) is 1. The van der Waals surface area contributed by atoms with Crippen LogP contribution in [-0.4, -0.2) is 69.9 Å². The van der Waals surface area contributed by atoms with Gasteiger partial charge in [0.05, 0.1) is 32.1 Å². The molecule has 0 spiro atoms. The lowest BCUT2D eigenvalue weighted by Crippen LogP contribution is -2.55. The fourth-order valence-corrected chi connectivity index (χ4v) is 5.99. The van der Waals surface area contributed by atoms with Crippen molar-refractivity contribution < 1.29 is 23.8 Å². The van der Waals surface area contributed by atoms with E-state index in [1.165, 1.54) is 5.57 Å². The van der Waals surface area contributed by atoms with Crippen LogP contribution in [0.25, 0.3) is 16.8 Å². The van der Waals surface area contributed by atoms with Gasteiger partial charge >= 0.3 is 6.09 Å². The Hall–Kier alpha value is -4.58. The number of benzene rings is 2. The average molecular weight is 639 g/mol. The zero-order valence-corrected chi connectivity index (χ0v) is 27.0. The molecular weight excluding hydrogens is 596 g/mol. The standard InChI is InChI=1S/C36H42N6O5/c1-3-36(37,25(2)26-16-17-26)34(43)38-31(24-46-22-28-12-7-8-14-30(28)27-10-5-4-6-11-27)33-40-39-32-15-9-13-29(42(32)33)23-47-35(44)41-18-20-45-21-19-41/h4-15,31H,3,16-24,37H2,1-2H3,(H,38,43)/t31-,36?/m1/s1. The molecule has 6 rings (SSSR count). The molecule has 2 aromatic carbocycles. The Kier molecular flexibility index (Phi) is 9.95. The maximum absolute atomic E-state index is 14.0. The number of rotatable bonds is 12. The fraction of sp³-hybridized carbons (Fsp3) is 0.389. The van der Waals surface area contributed by atoms with Gasteiger partial charge in [-0.25, -0.2) is 4.79 Å². The van der Waals surface area contributed by atoms with Crippen molar-refractivity contribution in [2.75, 3.05) is 32.9 Å². The van der Waals surface area contributed by atoms with E-state index in [0.29, 0.717) is 56.5 Å². The van der Waals surface area contributed by atoms with Gasteiger partial charge in [-0.3, -0.25) is 9.20 Å². The number of fused-ring (bicyclic) bond motifs is 1. The number of pyridine rings is 1. The molecule has 1 saturated heterocycles. The first-order chi connectivity index (χ1) is 22.9. The van der Waals surface area contributed by atoms with Crippen molar-refractivity contribution in [3.63, 3.8) is 0 Å². The third kappa shape index (κ3) is 7.22. The largest absolute Gasteiger partial charge is 0.443 e. The third-order valence-electron chi connectivity index (χ3n) is 9.07. The summed E-state index contributed by atoms with van der Waals surface area (Å²) in [7, 11) is 0. The lowest BCUT2D eigenvalue weighted by atomic mass is 9.87. The number of carbonyl (C=O) groups is 2. The molecule has 1 aliphatic heterocycles. The zero-order valence-electron chi connectivity index (χ0n) is 27.0. The minimum Gasteiger partial charge on any atom is -0.443 e. The number of carbonyl (C=O) groups excluding carboxylic acids is 2. The normalized spacial score (nSPS) is 16.4. The highest BCUT2D eigenvalue weighted by molar-refractivity contribution is 5.90. The molecule has 1 saturated carbocycles. The predicted molar refractivity (Wildman–Crippen MR) is 177 cm³/mol. The monoisotopic (exact) mass is 638 g/mol. The topological polar surface area (TPSA) is 133 Å². The Morgan fingerprint density at radius 1 is 0.979 bits per heavy atom. The maximum Gasteiger partial charge on any atom is 0.410 e. The highest BCUT2D eigenvalue weighted by atomic mass is 16.6. The number of allylic oxidation sites excluding steroid dienone is 1. The van der Waals surface area contributed by atoms with Gasteiger partial charge in [0.25, 0.3) is 0 Å². The quantitative estimate of drug-likeness (QED) is 0.208. The Labute approximate surface area is 274 Å². The highest BCUT2D eigenvalue weighted by Crippen LogP contribution is 2.37. The van der Waals surface area contributed by atoms with Gasteiger partial charge < -0.3 is 30.2 Å². The second kappa shape index (κ2) is 14.5. The molecule has 47 heavy (non-hydrogen) atoms. The van der Waals surface area contributed by atoms with E-state index in [1.807, 2.05) is 72.8 Å². The molecule has 0 bridgehead atoms. The molecule has 11 heteroatoms. The molecule has 11 nitrogen and oxygen atoms in total. The lowest BCUT2D eigenvalue weighted by molar-refractivity contribution is -0.126. The summed E-state index contributed by atoms with van der Waals surface area (Å²) >= 11 is 0. The highest BCUT2D eigenvalue weighted by Gasteiger charge is 2.39. The minimum absolute atomic E-state index is 0.00840. The van der Waals surface area contributed by atoms with E-state index in [1.54, 1.807) is 4.90 Å². The second-order valence-electron chi connectivity index (χ2n) is 12.0. The summed E-state index contributed by atoms with van der Waals surface area (Å²) in [6.07, 6.45) is 1.96. The van der Waals surface area contributed by atoms with E-state index in [2.05, 4.69) is 33.7 Å². The zero-order chi connectivity index (χ0) is 32.8. The summed E-state index contributed by atoms with van der Waals surface area (Å²) in [4.78, 5) is 28.4. The van der Waals surface area contributed by atoms with Gasteiger partial charge in [-0.05, 0) is 60.6 Å². The van der Waals surface area contributed by atoms with Crippen LogP contribution in [0.5, 0.6) is 0 Å². The fourth-order valence-electron chi connectivity index (χ4n) is 5.99. The van der Waals surface area contributed by atoms with Crippen LogP contribution in [0.4, 0.5) is 4.79 Å². The van der Waals surface area contributed by atoms with Gasteiger partial charge in [0.15, 0.2) is 11.5 Å². The number of nitrogens with one attached hydrogen (secondary N) is 1. The third-order valence-corrected chi connectivity index (χ3v) is 9.07. The van der Waals surface area contributed by atoms with Crippen LogP contribution >= 0.6 is 0 Å². The number of aromatic nitrogens is 3. The summed E-state index contributed by atoms with van der Waals surface area (Å²) in [5, 5.41) is 12.1. The SMILES string of the molecule is CCC(N)(C(=O)N[C@H](COCc1ccccc1-c1ccccc1)c1nnc2cccc(COC(=O)N3CCOCC3)n12)C(C)=C1CC1. The number of ether oxygens (including phenoxy) is 3. The van der Waals surface area contributed by atoms with Crippen molar-refractivity contribution in [2.24, 2.45) is 5.73 Å². The molecule has 4 aromatic rings. The Balaban J connectivity index is 1.28. The van der Waals surface area contributed by atoms with Crippen LogP contribution in [0.15, 0.2) is 83.9 Å². The number of hydrogen-bond donors (Lipinski definition) is 2. The van der Waals surface area contributed by atoms with Crippen LogP contribution in [0.3, 0.4) is 0 Å². The minimum atomic E-state index is -1.17. The molecule has 3 N–H and O–H groups in total. The molecule has 1 unspecified atom stereocenters. The van der Waals surface area contributed by atoms with E-state index in [9.17, 15) is 9.59 Å². The summed E-state index contributed by atoms with van der Waals surface area (Å²) < 4.78 is 19.2. The van der Waals surface area contributed by atoms with Crippen LogP contribution < -0.4 is 11.1 Å². The molecule has 3 heterocycles. The number of amides is 2. The average Bonchev–Trinajstić information content (AvgIpc) is 3.88. The second-order valence-corrected chi connectivity index (χ2v) is 12.0. The molecule has 0 radical (unpaired) electrons. The van der Waals surface area contributed by atoms with Crippen molar-refractivity contribution in [1.29, 1.82) is 0 Å². The molecule has 2 aliphatic rings. The van der Waals surface area contributed by atoms with Crippen LogP contribution in [0, 0.1) is 0 Å². The van der Waals surface area contributed by atoms with E-state index < -0.39 is 17.7 Å². The number of hydrogen-bond acceptors (Lipinski definition) is 8. The van der Waals surface area contributed by atoms with Gasteiger partial charge in [0.1, 0.15) is 18.2 Å². The predicted octanol–water partition coefficient (Wildman–Crippen LogP) is 4.96. The van der Waals surface area contributed by atoms with Crippen molar-refractivity contribution >= 4 is 17.6 Å². The Morgan fingerprint density at radius 2 is 1.72 bits per heavy atom. The van der Waals surface area contributed by atoms with Gasteiger partial charge in [-0.15, -0.1) is 10.2 Å². The van der Waals surface area contributed by atoms with Gasteiger partial charge in [0, 0.05) is 13.1 Å². The molecule has 2 aromatic heterocycles. The van der Waals surface area contributed by atoms with Gasteiger partial charge in [-0.2, -0.15) is 0 Å². The van der Waals surface area contributed by atoms with Gasteiger partial charge in [-0.1, -0.05) is 73.2 Å². The van der Waals surface area contributed by atoms with Crippen molar-refractivity contribution in [2.45, 2.75) is 57.9 Å². The molecule has 1 aliphatic carbocycles. The lowest BCUT2D eigenvalue weighted by Gasteiger charge is -2.30. The maximum atomic E-state index is 14.0. The van der Waals surface area contributed by atoms with E-state index in [4.69, 9.17) is 19.9 Å². The summed E-state index contributed by atoms with van der Waals surface area (Å²) in [5.74, 6) is 0.154. The first kappa shape index (κ1) is 32.4. The van der Waals surface area contributed by atoms with Gasteiger partial charge in [0.2, 0.25) is 5.91 Å². The molecule has 2 amide bonds. The van der Waals surface area contributed by atoms with Crippen molar-refractivity contribution in [3.8, 4) is 11.1 Å². The first-order valence-electron chi connectivity index (χ1n) is 16.2. The van der Waals surface area contributed by atoms with E-state index in [-0.39, 0.29) is 19.1 Å². The molecule has 2 atom stereocenters. The van der Waals surface area contributed by atoms with E-state index in [0.717, 1.165) is 35.1 Å². The van der Waals surface area contributed by atoms with Crippen LogP contribution in [-0.2, 0) is 32.2 Å². The van der Waals surface area contributed by atoms with Crippen LogP contribution in [0.2, 0.25) is 0 Å². The Morgan fingerprint density at radius 3 is 2.47 bits per heavy atom. The summed E-state index contributed by atoms with van der Waals surface area (Å²) in [6, 6.07) is 23.1. The number of morpholine rings is 1. The van der Waals surface area contributed by atoms with Crippen molar-refractivity contribution in [1.82, 2.24) is 24.8 Å².